The number of benzene rings is 1. The Labute approximate surface area is 114 Å². The molecule has 4 nitrogen and oxygen atoms in total. The van der Waals surface area contributed by atoms with Crippen LogP contribution < -0.4 is 15.5 Å². The first-order valence-electron chi connectivity index (χ1n) is 6.96. The SMILES string of the molecule is CC1(C)Cc2cc(N3CCNCC3)ccc2NC1=O. The van der Waals surface area contributed by atoms with Crippen molar-refractivity contribution in [1.29, 1.82) is 0 Å². The molecule has 0 saturated carbocycles. The van der Waals surface area contributed by atoms with Crippen molar-refractivity contribution in [3.63, 3.8) is 0 Å². The van der Waals surface area contributed by atoms with Crippen LogP contribution in [0.4, 0.5) is 11.4 Å². The van der Waals surface area contributed by atoms with Gasteiger partial charge in [0.05, 0.1) is 0 Å². The molecule has 2 aliphatic heterocycles. The number of carbonyl (C=O) groups excluding carboxylic acids is 1. The van der Waals surface area contributed by atoms with Gasteiger partial charge >= 0.3 is 0 Å². The van der Waals surface area contributed by atoms with Gasteiger partial charge in [0.2, 0.25) is 5.91 Å². The molecule has 1 fully saturated rings. The third kappa shape index (κ3) is 2.32. The molecule has 0 aliphatic carbocycles. The van der Waals surface area contributed by atoms with Crippen molar-refractivity contribution in [1.82, 2.24) is 5.32 Å². The molecule has 4 heteroatoms. The topological polar surface area (TPSA) is 44.4 Å². The van der Waals surface area contributed by atoms with Crippen LogP contribution in [0.1, 0.15) is 19.4 Å². The number of fused-ring (bicyclic) bond motifs is 1. The smallest absolute Gasteiger partial charge is 0.230 e. The van der Waals surface area contributed by atoms with E-state index in [1.165, 1.54) is 11.3 Å². The first kappa shape index (κ1) is 12.5. The van der Waals surface area contributed by atoms with Crippen molar-refractivity contribution in [2.24, 2.45) is 5.41 Å². The molecule has 3 rings (SSSR count). The lowest BCUT2D eigenvalue weighted by atomic mass is 9.81. The van der Waals surface area contributed by atoms with E-state index >= 15 is 0 Å². The van der Waals surface area contributed by atoms with Gasteiger partial charge in [0.25, 0.3) is 0 Å². The summed E-state index contributed by atoms with van der Waals surface area (Å²) in [5.41, 5.74) is 3.19. The van der Waals surface area contributed by atoms with E-state index in [1.54, 1.807) is 0 Å². The van der Waals surface area contributed by atoms with Gasteiger partial charge in [-0.25, -0.2) is 0 Å². The van der Waals surface area contributed by atoms with E-state index in [9.17, 15) is 4.79 Å². The molecule has 1 aromatic rings. The Balaban J connectivity index is 1.89. The summed E-state index contributed by atoms with van der Waals surface area (Å²) < 4.78 is 0. The molecular formula is C15H21N3O. The molecule has 0 atom stereocenters. The lowest BCUT2D eigenvalue weighted by Gasteiger charge is -2.33. The third-order valence-electron chi connectivity index (χ3n) is 4.07. The zero-order valence-corrected chi connectivity index (χ0v) is 11.6. The molecule has 1 amide bonds. The predicted octanol–water partition coefficient (Wildman–Crippen LogP) is 1.62. The maximum atomic E-state index is 11.9. The Bertz CT molecular complexity index is 504. The van der Waals surface area contributed by atoms with Crippen LogP contribution >= 0.6 is 0 Å². The summed E-state index contributed by atoms with van der Waals surface area (Å²) in [6, 6.07) is 6.39. The second kappa shape index (κ2) is 4.53. The van der Waals surface area contributed by atoms with E-state index < -0.39 is 0 Å². The zero-order valence-electron chi connectivity index (χ0n) is 11.6. The maximum Gasteiger partial charge on any atom is 0.230 e. The quantitative estimate of drug-likeness (QED) is 0.805. The minimum absolute atomic E-state index is 0.120. The van der Waals surface area contributed by atoms with Crippen LogP contribution in [-0.2, 0) is 11.2 Å². The van der Waals surface area contributed by atoms with Crippen molar-refractivity contribution in [2.75, 3.05) is 36.4 Å². The fourth-order valence-electron chi connectivity index (χ4n) is 2.82. The van der Waals surface area contributed by atoms with E-state index in [0.29, 0.717) is 0 Å². The van der Waals surface area contributed by atoms with Gasteiger partial charge < -0.3 is 15.5 Å². The minimum Gasteiger partial charge on any atom is -0.369 e. The molecule has 2 N–H and O–H groups in total. The summed E-state index contributed by atoms with van der Waals surface area (Å²) in [6.07, 6.45) is 0.814. The van der Waals surface area contributed by atoms with Crippen LogP contribution in [0.2, 0.25) is 0 Å². The fraction of sp³-hybridized carbons (Fsp3) is 0.533. The van der Waals surface area contributed by atoms with Gasteiger partial charge in [-0.2, -0.15) is 0 Å². The van der Waals surface area contributed by atoms with Crippen molar-refractivity contribution < 1.29 is 4.79 Å². The number of anilines is 2. The summed E-state index contributed by atoms with van der Waals surface area (Å²) in [5, 5.41) is 6.38. The molecule has 19 heavy (non-hydrogen) atoms. The lowest BCUT2D eigenvalue weighted by molar-refractivity contribution is -0.124. The average Bonchev–Trinajstić information content (AvgIpc) is 2.40. The summed E-state index contributed by atoms with van der Waals surface area (Å²) in [7, 11) is 0. The van der Waals surface area contributed by atoms with Crippen LogP contribution in [-0.4, -0.2) is 32.1 Å². The average molecular weight is 259 g/mol. The van der Waals surface area contributed by atoms with E-state index in [-0.39, 0.29) is 11.3 Å². The normalized spacial score (nSPS) is 21.8. The minimum atomic E-state index is -0.310. The van der Waals surface area contributed by atoms with Crippen LogP contribution in [0.15, 0.2) is 18.2 Å². The monoisotopic (exact) mass is 259 g/mol. The molecule has 1 saturated heterocycles. The summed E-state index contributed by atoms with van der Waals surface area (Å²) >= 11 is 0. The molecular weight excluding hydrogens is 238 g/mol. The summed E-state index contributed by atoms with van der Waals surface area (Å²) in [6.45, 7) is 8.19. The van der Waals surface area contributed by atoms with Gasteiger partial charge in [-0.1, -0.05) is 13.8 Å². The molecule has 0 bridgehead atoms. The highest BCUT2D eigenvalue weighted by atomic mass is 16.2. The van der Waals surface area contributed by atoms with Gasteiger partial charge in [-0.05, 0) is 30.2 Å². The Morgan fingerprint density at radius 1 is 1.21 bits per heavy atom. The molecule has 0 aromatic heterocycles. The zero-order chi connectivity index (χ0) is 13.5. The number of nitrogens with one attached hydrogen (secondary N) is 2. The second-order valence-corrected chi connectivity index (χ2v) is 6.09. The molecule has 102 valence electrons. The van der Waals surface area contributed by atoms with Gasteiger partial charge in [-0.15, -0.1) is 0 Å². The van der Waals surface area contributed by atoms with Gasteiger partial charge in [-0.3, -0.25) is 4.79 Å². The van der Waals surface area contributed by atoms with E-state index in [4.69, 9.17) is 0 Å². The van der Waals surface area contributed by atoms with Crippen molar-refractivity contribution in [3.8, 4) is 0 Å². The maximum absolute atomic E-state index is 11.9. The molecule has 2 heterocycles. The van der Waals surface area contributed by atoms with E-state index in [2.05, 4.69) is 27.7 Å². The lowest BCUT2D eigenvalue weighted by Crippen LogP contribution is -2.43. The number of rotatable bonds is 1. The van der Waals surface area contributed by atoms with E-state index in [0.717, 1.165) is 38.3 Å². The number of piperazine rings is 1. The van der Waals surface area contributed by atoms with Crippen LogP contribution in [0.3, 0.4) is 0 Å². The Morgan fingerprint density at radius 3 is 2.68 bits per heavy atom. The number of hydrogen-bond donors (Lipinski definition) is 2. The largest absolute Gasteiger partial charge is 0.369 e. The molecule has 0 radical (unpaired) electrons. The highest BCUT2D eigenvalue weighted by molar-refractivity contribution is 5.98. The molecule has 2 aliphatic rings. The number of carbonyl (C=O) groups is 1. The molecule has 1 aromatic carbocycles. The third-order valence-corrected chi connectivity index (χ3v) is 4.07. The van der Waals surface area contributed by atoms with Gasteiger partial charge in [0.1, 0.15) is 0 Å². The first-order valence-corrected chi connectivity index (χ1v) is 6.96. The van der Waals surface area contributed by atoms with Crippen LogP contribution in [0.25, 0.3) is 0 Å². The Morgan fingerprint density at radius 2 is 1.95 bits per heavy atom. The Kier molecular flexibility index (Phi) is 2.97. The number of hydrogen-bond acceptors (Lipinski definition) is 3. The van der Waals surface area contributed by atoms with Crippen LogP contribution in [0.5, 0.6) is 0 Å². The highest BCUT2D eigenvalue weighted by Gasteiger charge is 2.33. The predicted molar refractivity (Wildman–Crippen MR) is 77.6 cm³/mol. The van der Waals surface area contributed by atoms with Gasteiger partial charge in [0.15, 0.2) is 0 Å². The number of amides is 1. The summed E-state index contributed by atoms with van der Waals surface area (Å²) in [5.74, 6) is 0.120. The standard InChI is InChI=1S/C15H21N3O/c1-15(2)10-11-9-12(18-7-5-16-6-8-18)3-4-13(11)17-14(15)19/h3-4,9,16H,5-8,10H2,1-2H3,(H,17,19). The highest BCUT2D eigenvalue weighted by Crippen LogP contribution is 2.35. The number of nitrogens with zero attached hydrogens (tertiary/aromatic N) is 1. The van der Waals surface area contributed by atoms with Crippen LogP contribution in [0, 0.1) is 5.41 Å². The van der Waals surface area contributed by atoms with Crippen molar-refractivity contribution >= 4 is 17.3 Å². The van der Waals surface area contributed by atoms with Gasteiger partial charge in [0, 0.05) is 43.0 Å². The first-order chi connectivity index (χ1) is 9.06. The molecule has 0 spiro atoms. The fourth-order valence-corrected chi connectivity index (χ4v) is 2.82. The Hall–Kier alpha value is -1.55. The second-order valence-electron chi connectivity index (χ2n) is 6.09. The van der Waals surface area contributed by atoms with E-state index in [1.807, 2.05) is 19.9 Å². The van der Waals surface area contributed by atoms with Crippen molar-refractivity contribution in [2.45, 2.75) is 20.3 Å². The van der Waals surface area contributed by atoms with Crippen molar-refractivity contribution in [3.05, 3.63) is 23.8 Å². The molecule has 0 unspecified atom stereocenters. The summed E-state index contributed by atoms with van der Waals surface area (Å²) in [4.78, 5) is 14.3.